The van der Waals surface area contributed by atoms with E-state index in [4.69, 9.17) is 37.8 Å². The summed E-state index contributed by atoms with van der Waals surface area (Å²) in [4.78, 5) is 45.1. The number of rotatable bonds is 8. The number of carbonyl (C=O) groups is 3. The van der Waals surface area contributed by atoms with E-state index in [0.29, 0.717) is 65.1 Å². The number of nitrogens with zero attached hydrogens (tertiary/aromatic N) is 2. The Morgan fingerprint density at radius 3 is 1.62 bits per heavy atom. The normalized spacial score (nSPS) is 14.1. The number of fused-ring (bicyclic) bond motifs is 2. The Kier molecular flexibility index (Phi) is 18.3. The molecule has 0 fully saturated rings. The Morgan fingerprint density at radius 1 is 0.656 bits per heavy atom. The molecule has 0 bridgehead atoms. The van der Waals surface area contributed by atoms with Crippen molar-refractivity contribution < 1.29 is 51.6 Å². The monoisotopic (exact) mass is 922 g/mol. The lowest BCUT2D eigenvalue weighted by atomic mass is 10.0. The lowest BCUT2D eigenvalue weighted by Gasteiger charge is -2.15. The van der Waals surface area contributed by atoms with E-state index in [9.17, 15) is 37.1 Å². The second-order valence-electron chi connectivity index (χ2n) is 13.7. The van der Waals surface area contributed by atoms with Crippen molar-refractivity contribution in [3.8, 4) is 0 Å². The van der Waals surface area contributed by atoms with Gasteiger partial charge in [-0.2, -0.15) is 0 Å². The van der Waals surface area contributed by atoms with Crippen molar-refractivity contribution in [3.63, 3.8) is 0 Å². The van der Waals surface area contributed by atoms with Crippen LogP contribution in [0.4, 0.5) is 33.7 Å². The molecule has 4 aromatic carbocycles. The number of carbonyl (C=O) groups excluding carboxylic acids is 3. The standard InChI is InChI=1S/C23H17ClF2N2O4.C16H12ClF2NO2.C6H7NO.2CH4/c24-17-11-13(4-7-18(17)25)28-22(29)16-5-8-19(26)21-15(16)6-9-20(21)32-23(30)31-12-14-3-1-2-10-27-14;17-11-7-8(1-4-12(11)18)20-16(22)10-2-5-13(19)15-9(10)3-6-14(15)21;8-5-6-3-1-2-4-7-6;;/h1-5,7-8,10-11,20H,6,9,12H2,(H,28,29);1-2,4-5,7,14,21H,3,6H2,(H,20,22);1-4,8H,5H2;2*1H4/t20-;14-;;;/m00.../s1. The van der Waals surface area contributed by atoms with Crippen molar-refractivity contribution in [1.82, 2.24) is 9.97 Å². The smallest absolute Gasteiger partial charge is 0.428 e. The van der Waals surface area contributed by atoms with Crippen molar-refractivity contribution >= 4 is 52.5 Å². The molecule has 0 unspecified atom stereocenters. The Bertz CT molecular complexity index is 2580. The molecule has 2 aliphatic rings. The average Bonchev–Trinajstić information content (AvgIpc) is 3.88. The molecule has 2 amide bonds. The predicted molar refractivity (Wildman–Crippen MR) is 235 cm³/mol. The molecule has 2 aromatic heterocycles. The number of aromatic nitrogens is 2. The fraction of sp³-hybridized carbons (Fsp3) is 0.213. The minimum absolute atomic E-state index is 0. The zero-order valence-corrected chi connectivity index (χ0v) is 33.9. The van der Waals surface area contributed by atoms with Crippen LogP contribution in [0.15, 0.2) is 109 Å². The zero-order valence-electron chi connectivity index (χ0n) is 32.4. The molecule has 2 aliphatic carbocycles. The molecule has 0 saturated carbocycles. The number of anilines is 2. The highest BCUT2D eigenvalue weighted by Gasteiger charge is 2.33. The van der Waals surface area contributed by atoms with E-state index in [2.05, 4.69) is 20.6 Å². The highest BCUT2D eigenvalue weighted by atomic mass is 35.5. The summed E-state index contributed by atoms with van der Waals surface area (Å²) in [6, 6.07) is 23.3. The van der Waals surface area contributed by atoms with Crippen molar-refractivity contribution in [2.45, 2.75) is 66.0 Å². The molecule has 64 heavy (non-hydrogen) atoms. The van der Waals surface area contributed by atoms with Crippen LogP contribution in [0.25, 0.3) is 0 Å². The van der Waals surface area contributed by atoms with Crippen LogP contribution < -0.4 is 10.6 Å². The van der Waals surface area contributed by atoms with Crippen molar-refractivity contribution in [2.24, 2.45) is 0 Å². The summed E-state index contributed by atoms with van der Waals surface area (Å²) in [5, 5.41) is 23.2. The fourth-order valence-corrected chi connectivity index (χ4v) is 7.07. The second-order valence-corrected chi connectivity index (χ2v) is 14.5. The lowest BCUT2D eigenvalue weighted by molar-refractivity contribution is 0.0173. The molecule has 6 aromatic rings. The van der Waals surface area contributed by atoms with Crippen LogP contribution in [-0.4, -0.2) is 38.2 Å². The lowest BCUT2D eigenvalue weighted by Crippen LogP contribution is -2.16. The minimum atomic E-state index is -0.955. The largest absolute Gasteiger partial charge is 0.509 e. The maximum Gasteiger partial charge on any atom is 0.509 e. The number of hydrogen-bond acceptors (Lipinski definition) is 9. The summed E-state index contributed by atoms with van der Waals surface area (Å²) < 4.78 is 65.1. The first-order valence-corrected chi connectivity index (χ1v) is 19.7. The summed E-state index contributed by atoms with van der Waals surface area (Å²) in [6.45, 7) is -0.0503. The molecule has 2 atom stereocenters. The van der Waals surface area contributed by atoms with Gasteiger partial charge in [0, 0.05) is 46.0 Å². The summed E-state index contributed by atoms with van der Waals surface area (Å²) in [5.41, 5.74) is 3.71. The van der Waals surface area contributed by atoms with E-state index in [1.807, 2.05) is 12.1 Å². The number of amides is 2. The van der Waals surface area contributed by atoms with E-state index < -0.39 is 53.4 Å². The molecular weight excluding hydrogens is 879 g/mol. The summed E-state index contributed by atoms with van der Waals surface area (Å²) >= 11 is 11.4. The molecule has 2 heterocycles. The number of nitrogens with one attached hydrogen (secondary N) is 2. The van der Waals surface area contributed by atoms with Gasteiger partial charge in [-0.05, 0) is 122 Å². The third kappa shape index (κ3) is 12.6. The van der Waals surface area contributed by atoms with Gasteiger partial charge in [-0.15, -0.1) is 0 Å². The maximum atomic E-state index is 14.6. The number of benzene rings is 4. The third-order valence-corrected chi connectivity index (χ3v) is 10.2. The Labute approximate surface area is 377 Å². The first-order valence-electron chi connectivity index (χ1n) is 18.9. The van der Waals surface area contributed by atoms with Crippen LogP contribution >= 0.6 is 23.2 Å². The van der Waals surface area contributed by atoms with Gasteiger partial charge in [-0.25, -0.2) is 22.4 Å². The van der Waals surface area contributed by atoms with E-state index >= 15 is 0 Å². The molecule has 0 aliphatic heterocycles. The molecule has 4 N–H and O–H groups in total. The van der Waals surface area contributed by atoms with Gasteiger partial charge in [0.25, 0.3) is 11.8 Å². The van der Waals surface area contributed by atoms with Crippen LogP contribution in [0, 0.1) is 23.3 Å². The predicted octanol–water partition coefficient (Wildman–Crippen LogP) is 11.3. The Balaban J connectivity index is 0.000000242. The van der Waals surface area contributed by atoms with Crippen molar-refractivity contribution in [1.29, 1.82) is 0 Å². The first kappa shape index (κ1) is 50.3. The zero-order chi connectivity index (χ0) is 44.3. The number of hydrogen-bond donors (Lipinski definition) is 4. The van der Waals surface area contributed by atoms with Gasteiger partial charge in [0.15, 0.2) is 0 Å². The molecule has 17 heteroatoms. The van der Waals surface area contributed by atoms with Crippen LogP contribution in [0.5, 0.6) is 0 Å². The van der Waals surface area contributed by atoms with Gasteiger partial charge >= 0.3 is 6.16 Å². The number of pyridine rings is 2. The van der Waals surface area contributed by atoms with E-state index in [1.54, 1.807) is 36.7 Å². The first-order chi connectivity index (χ1) is 29.8. The van der Waals surface area contributed by atoms with Crippen LogP contribution in [0.3, 0.4) is 0 Å². The van der Waals surface area contributed by atoms with E-state index in [-0.39, 0.29) is 54.8 Å². The van der Waals surface area contributed by atoms with Crippen LogP contribution in [-0.2, 0) is 35.5 Å². The third-order valence-electron chi connectivity index (χ3n) is 9.62. The summed E-state index contributed by atoms with van der Waals surface area (Å²) in [7, 11) is 0. The van der Waals surface area contributed by atoms with Crippen LogP contribution in [0.1, 0.15) is 94.3 Å². The molecule has 11 nitrogen and oxygen atoms in total. The number of halogens is 6. The number of ether oxygens (including phenoxy) is 2. The van der Waals surface area contributed by atoms with E-state index in [1.165, 1.54) is 42.5 Å². The quantitative estimate of drug-likeness (QED) is 0.0860. The van der Waals surface area contributed by atoms with Crippen molar-refractivity contribution in [2.75, 3.05) is 10.6 Å². The van der Waals surface area contributed by atoms with Gasteiger partial charge in [-0.3, -0.25) is 19.6 Å². The van der Waals surface area contributed by atoms with E-state index in [0.717, 1.165) is 18.2 Å². The molecular formula is C47H44Cl2F4N4O7. The Morgan fingerprint density at radius 2 is 1.14 bits per heavy atom. The van der Waals surface area contributed by atoms with Gasteiger partial charge < -0.3 is 30.3 Å². The highest BCUT2D eigenvalue weighted by Crippen LogP contribution is 2.39. The van der Waals surface area contributed by atoms with Crippen molar-refractivity contribution in [3.05, 3.63) is 188 Å². The molecule has 0 radical (unpaired) electrons. The average molecular weight is 924 g/mol. The molecule has 0 saturated heterocycles. The Hall–Kier alpha value is -6.39. The number of aliphatic hydroxyl groups excluding tert-OH is 2. The second kappa shape index (κ2) is 23.3. The highest BCUT2D eigenvalue weighted by molar-refractivity contribution is 6.31. The topological polar surface area (TPSA) is 160 Å². The van der Waals surface area contributed by atoms with Crippen LogP contribution in [0.2, 0.25) is 10.0 Å². The molecule has 0 spiro atoms. The SMILES string of the molecule is C.C.O=C(Nc1ccc(F)c(Cl)c1)c1ccc(F)c2c1CC[C@@H]2O.O=C(OCc1ccccn1)O[C@H]1CCc2c(C(=O)Nc3ccc(F)c(Cl)c3)ccc(F)c21.OCc1ccccn1. The van der Waals surface area contributed by atoms with Gasteiger partial charge in [0.1, 0.15) is 36.0 Å². The number of aliphatic hydroxyl groups is 2. The molecule has 336 valence electrons. The van der Waals surface area contributed by atoms with Gasteiger partial charge in [-0.1, -0.05) is 50.2 Å². The molecule has 8 rings (SSSR count). The fourth-order valence-electron chi connectivity index (χ4n) is 6.71. The minimum Gasteiger partial charge on any atom is -0.428 e. The maximum absolute atomic E-state index is 14.6. The summed E-state index contributed by atoms with van der Waals surface area (Å²) in [5.74, 6) is -3.24. The van der Waals surface area contributed by atoms with Gasteiger partial charge in [0.2, 0.25) is 0 Å². The van der Waals surface area contributed by atoms with Gasteiger partial charge in [0.05, 0.1) is 34.1 Å². The summed E-state index contributed by atoms with van der Waals surface area (Å²) in [6.07, 6.45) is 1.96.